The van der Waals surface area contributed by atoms with Gasteiger partial charge in [-0.2, -0.15) is 10.4 Å². The summed E-state index contributed by atoms with van der Waals surface area (Å²) in [6, 6.07) is 24.0. The molecule has 1 aromatic heterocycles. The van der Waals surface area contributed by atoms with E-state index in [0.29, 0.717) is 27.4 Å². The molecule has 0 N–H and O–H groups in total. The van der Waals surface area contributed by atoms with E-state index in [9.17, 15) is 25.0 Å². The van der Waals surface area contributed by atoms with E-state index < -0.39 is 16.7 Å². The summed E-state index contributed by atoms with van der Waals surface area (Å²) in [5, 5.41) is 26.1. The Kier molecular flexibility index (Phi) is 7.10. The molecule has 0 unspecified atom stereocenters. The first kappa shape index (κ1) is 26.3. The molecule has 0 fully saturated rings. The Morgan fingerprint density at radius 2 is 1.68 bits per heavy atom. The summed E-state index contributed by atoms with van der Waals surface area (Å²) in [4.78, 5) is 38.6. The van der Waals surface area contributed by atoms with Gasteiger partial charge >= 0.3 is 0 Å². The second kappa shape index (κ2) is 10.8. The zero-order valence-electron chi connectivity index (χ0n) is 21.1. The van der Waals surface area contributed by atoms with Crippen LogP contribution in [0.4, 0.5) is 5.69 Å². The van der Waals surface area contributed by atoms with Crippen LogP contribution in [0.1, 0.15) is 18.1 Å². The second-order valence-electron chi connectivity index (χ2n) is 8.97. The molecular formula is C30H20ClN5O4. The largest absolute Gasteiger partial charge is 0.271 e. The van der Waals surface area contributed by atoms with Crippen molar-refractivity contribution in [1.82, 2.24) is 14.7 Å². The summed E-state index contributed by atoms with van der Waals surface area (Å²) < 4.78 is 1.63. The van der Waals surface area contributed by atoms with Crippen molar-refractivity contribution in [2.24, 2.45) is 0 Å². The third kappa shape index (κ3) is 4.91. The molecule has 0 atom stereocenters. The molecule has 1 aliphatic rings. The van der Waals surface area contributed by atoms with Crippen LogP contribution in [0.3, 0.4) is 0 Å². The Hall–Kier alpha value is -5.33. The number of nitro benzene ring substituents is 1. The maximum Gasteiger partial charge on any atom is 0.271 e. The lowest BCUT2D eigenvalue weighted by atomic mass is 9.93. The van der Waals surface area contributed by atoms with E-state index in [1.807, 2.05) is 36.4 Å². The second-order valence-corrected chi connectivity index (χ2v) is 9.38. The van der Waals surface area contributed by atoms with Gasteiger partial charge in [0.05, 0.1) is 22.8 Å². The number of aromatic nitrogens is 2. The number of nitro groups is 1. The fraction of sp³-hybridized carbons (Fsp3) is 0.0667. The molecule has 0 spiro atoms. The van der Waals surface area contributed by atoms with Crippen molar-refractivity contribution in [1.29, 1.82) is 5.26 Å². The Morgan fingerprint density at radius 1 is 1.00 bits per heavy atom. The van der Waals surface area contributed by atoms with Gasteiger partial charge in [-0.05, 0) is 54.5 Å². The lowest BCUT2D eigenvalue weighted by molar-refractivity contribution is -0.384. The Labute approximate surface area is 234 Å². The van der Waals surface area contributed by atoms with Crippen molar-refractivity contribution in [2.45, 2.75) is 13.5 Å². The molecule has 10 heteroatoms. The quantitative estimate of drug-likeness (QED) is 0.128. The first-order valence-electron chi connectivity index (χ1n) is 12.1. The number of carbonyl (C=O) groups excluding carboxylic acids is 2. The van der Waals surface area contributed by atoms with Crippen LogP contribution >= 0.6 is 11.6 Å². The van der Waals surface area contributed by atoms with E-state index in [0.717, 1.165) is 10.6 Å². The van der Waals surface area contributed by atoms with Crippen LogP contribution < -0.4 is 0 Å². The normalized spacial score (nSPS) is 14.5. The van der Waals surface area contributed by atoms with E-state index in [4.69, 9.17) is 16.7 Å². The summed E-state index contributed by atoms with van der Waals surface area (Å²) in [5.41, 5.74) is 3.06. The predicted octanol–water partition coefficient (Wildman–Crippen LogP) is 5.89. The number of imide groups is 1. The minimum Gasteiger partial charge on any atom is -0.269 e. The van der Waals surface area contributed by atoms with Gasteiger partial charge in [0.25, 0.3) is 17.5 Å². The molecule has 2 amide bonds. The van der Waals surface area contributed by atoms with Crippen LogP contribution in [0.15, 0.2) is 102 Å². The van der Waals surface area contributed by atoms with Gasteiger partial charge in [0.2, 0.25) is 0 Å². The number of hydrogen-bond acceptors (Lipinski definition) is 6. The Balaban J connectivity index is 1.65. The van der Waals surface area contributed by atoms with Crippen molar-refractivity contribution in [2.75, 3.05) is 0 Å². The molecule has 3 aromatic carbocycles. The van der Waals surface area contributed by atoms with E-state index in [1.165, 1.54) is 12.1 Å². The number of halogens is 1. The highest BCUT2D eigenvalue weighted by molar-refractivity contribution is 6.31. The smallest absolute Gasteiger partial charge is 0.269 e. The van der Waals surface area contributed by atoms with Gasteiger partial charge < -0.3 is 0 Å². The number of hydrogen-bond donors (Lipinski definition) is 0. The van der Waals surface area contributed by atoms with Crippen molar-refractivity contribution >= 4 is 35.2 Å². The molecule has 4 aromatic rings. The number of nitrogens with zero attached hydrogens (tertiary/aromatic N) is 5. The summed E-state index contributed by atoms with van der Waals surface area (Å²) >= 11 is 6.29. The van der Waals surface area contributed by atoms with Gasteiger partial charge in [-0.1, -0.05) is 48.0 Å². The minimum atomic E-state index is -0.697. The van der Waals surface area contributed by atoms with E-state index in [1.54, 1.807) is 60.3 Å². The number of nitriles is 1. The molecule has 0 saturated heterocycles. The van der Waals surface area contributed by atoms with E-state index in [-0.39, 0.29) is 29.0 Å². The average molecular weight is 550 g/mol. The fourth-order valence-corrected chi connectivity index (χ4v) is 4.59. The first-order valence-corrected chi connectivity index (χ1v) is 12.5. The van der Waals surface area contributed by atoms with E-state index in [2.05, 4.69) is 0 Å². The highest BCUT2D eigenvalue weighted by Crippen LogP contribution is 2.33. The maximum absolute atomic E-state index is 13.7. The molecule has 2 heterocycles. The zero-order valence-corrected chi connectivity index (χ0v) is 21.9. The number of non-ortho nitro benzene ring substituents is 1. The zero-order chi connectivity index (χ0) is 28.4. The van der Waals surface area contributed by atoms with Crippen LogP contribution in [-0.2, 0) is 16.1 Å². The topological polar surface area (TPSA) is 122 Å². The third-order valence-electron chi connectivity index (χ3n) is 6.53. The monoisotopic (exact) mass is 549 g/mol. The van der Waals surface area contributed by atoms with Gasteiger partial charge in [-0.3, -0.25) is 24.6 Å². The van der Waals surface area contributed by atoms with Crippen LogP contribution in [0.25, 0.3) is 23.0 Å². The summed E-state index contributed by atoms with van der Waals surface area (Å²) in [5.74, 6) is -1.28. The molecule has 9 nitrogen and oxygen atoms in total. The molecule has 1 aliphatic heterocycles. The van der Waals surface area contributed by atoms with Crippen molar-refractivity contribution in [3.8, 4) is 23.0 Å². The maximum atomic E-state index is 13.7. The van der Waals surface area contributed by atoms with Gasteiger partial charge in [0.15, 0.2) is 0 Å². The third-order valence-corrected chi connectivity index (χ3v) is 6.90. The molecular weight excluding hydrogens is 530 g/mol. The van der Waals surface area contributed by atoms with Crippen molar-refractivity contribution in [3.63, 3.8) is 0 Å². The van der Waals surface area contributed by atoms with Gasteiger partial charge in [-0.25, -0.2) is 4.68 Å². The molecule has 5 rings (SSSR count). The Morgan fingerprint density at radius 3 is 2.33 bits per heavy atom. The number of rotatable bonds is 6. The number of amides is 2. The minimum absolute atomic E-state index is 0.0697. The SMILES string of the molecule is CC1=C(C#N)C(=O)N(Cc2ccccc2Cl)C(=O)/C1=C/c1cn(-c2ccccc2)nc1-c1ccc([N+](=O)[O-])cc1. The lowest BCUT2D eigenvalue weighted by Crippen LogP contribution is -2.42. The molecule has 0 saturated carbocycles. The molecule has 196 valence electrons. The number of para-hydroxylation sites is 1. The number of benzene rings is 3. The number of carbonyl (C=O) groups is 2. The van der Waals surface area contributed by atoms with Crippen LogP contribution in [-0.4, -0.2) is 31.4 Å². The summed E-state index contributed by atoms with van der Waals surface area (Å²) in [7, 11) is 0. The Bertz CT molecular complexity index is 1770. The first-order chi connectivity index (χ1) is 19.3. The van der Waals surface area contributed by atoms with Gasteiger partial charge in [0, 0.05) is 40.1 Å². The van der Waals surface area contributed by atoms with Crippen LogP contribution in [0.2, 0.25) is 5.02 Å². The van der Waals surface area contributed by atoms with Crippen molar-refractivity contribution < 1.29 is 14.5 Å². The van der Waals surface area contributed by atoms with Gasteiger partial charge in [-0.15, -0.1) is 0 Å². The highest BCUT2D eigenvalue weighted by atomic mass is 35.5. The summed E-state index contributed by atoms with van der Waals surface area (Å²) in [6.07, 6.45) is 3.31. The standard InChI is InChI=1S/C30H20ClN5O4/c1-19-25(29(37)34(30(38)26(19)16-32)17-21-7-5-6-10-27(21)31)15-22-18-35(23-8-3-2-4-9-23)33-28(22)20-11-13-24(14-12-20)36(39)40/h2-15,18H,17H2,1H3/b25-15+. The molecule has 40 heavy (non-hydrogen) atoms. The van der Waals surface area contributed by atoms with Gasteiger partial charge in [0.1, 0.15) is 11.6 Å². The molecule has 0 bridgehead atoms. The lowest BCUT2D eigenvalue weighted by Gasteiger charge is -2.27. The van der Waals surface area contributed by atoms with Crippen molar-refractivity contribution in [3.05, 3.63) is 128 Å². The molecule has 0 aliphatic carbocycles. The highest BCUT2D eigenvalue weighted by Gasteiger charge is 2.36. The summed E-state index contributed by atoms with van der Waals surface area (Å²) in [6.45, 7) is 1.45. The average Bonchev–Trinajstić information content (AvgIpc) is 3.39. The van der Waals surface area contributed by atoms with E-state index >= 15 is 0 Å². The molecule has 0 radical (unpaired) electrons. The van der Waals surface area contributed by atoms with Crippen LogP contribution in [0.5, 0.6) is 0 Å². The van der Waals surface area contributed by atoms with Crippen LogP contribution in [0, 0.1) is 21.4 Å². The fourth-order valence-electron chi connectivity index (χ4n) is 4.40. The predicted molar refractivity (Wildman–Crippen MR) is 149 cm³/mol.